The van der Waals surface area contributed by atoms with Crippen LogP contribution < -0.4 is 10.2 Å². The first-order valence-electron chi connectivity index (χ1n) is 9.73. The zero-order valence-electron chi connectivity index (χ0n) is 17.4. The molecule has 2 N–H and O–H groups in total. The molecule has 1 amide bonds. The molecule has 0 unspecified atom stereocenters. The van der Waals surface area contributed by atoms with Crippen molar-refractivity contribution < 1.29 is 19.1 Å². The fourth-order valence-electron chi connectivity index (χ4n) is 2.83. The van der Waals surface area contributed by atoms with E-state index in [1.165, 1.54) is 17.3 Å². The highest BCUT2D eigenvalue weighted by Gasteiger charge is 2.10. The third-order valence-corrected chi connectivity index (χ3v) is 5.31. The number of aryl methyl sites for hydroxylation is 3. The lowest BCUT2D eigenvalue weighted by molar-refractivity contribution is -0.118. The van der Waals surface area contributed by atoms with Gasteiger partial charge in [0.15, 0.2) is 0 Å². The number of rotatable bonds is 10. The lowest BCUT2D eigenvalue weighted by Gasteiger charge is -2.07. The summed E-state index contributed by atoms with van der Waals surface area (Å²) in [6, 6.07) is 12.8. The monoisotopic (exact) mass is 440 g/mol. The number of methoxy groups -OCH3 is 1. The smallest absolute Gasteiger partial charge is 0.277 e. The summed E-state index contributed by atoms with van der Waals surface area (Å²) in [5.74, 6) is 1.27. The van der Waals surface area contributed by atoms with Gasteiger partial charge in [-0.05, 0) is 55.2 Å². The molecule has 0 fully saturated rings. The summed E-state index contributed by atoms with van der Waals surface area (Å²) in [4.78, 5) is 11.9. The number of carbonyl (C=O) groups excluding carboxylic acids is 1. The van der Waals surface area contributed by atoms with Crippen LogP contribution in [-0.4, -0.2) is 40.3 Å². The molecule has 3 aromatic rings. The topological polar surface area (TPSA) is 110 Å². The molecule has 0 aliphatic heterocycles. The summed E-state index contributed by atoms with van der Waals surface area (Å²) < 4.78 is 10.8. The fourth-order valence-corrected chi connectivity index (χ4v) is 3.41. The SMILES string of the molecule is COc1ccc(CCCc2nnc(SCC(=O)NN=Cc3ccccc3O)o2)c(C)c1. The van der Waals surface area contributed by atoms with Crippen molar-refractivity contribution >= 4 is 23.9 Å². The van der Waals surface area contributed by atoms with Gasteiger partial charge in [-0.2, -0.15) is 5.10 Å². The number of aromatic hydroxyl groups is 1. The van der Waals surface area contributed by atoms with Gasteiger partial charge in [0, 0.05) is 12.0 Å². The molecule has 0 saturated heterocycles. The number of thioether (sulfide) groups is 1. The number of hydrogen-bond donors (Lipinski definition) is 2. The summed E-state index contributed by atoms with van der Waals surface area (Å²) >= 11 is 1.15. The van der Waals surface area contributed by atoms with Gasteiger partial charge < -0.3 is 14.3 Å². The molecule has 0 atom stereocenters. The summed E-state index contributed by atoms with van der Waals surface area (Å²) in [6.07, 6.45) is 3.82. The number of para-hydroxylation sites is 1. The molecule has 0 aliphatic rings. The van der Waals surface area contributed by atoms with Crippen LogP contribution in [0.5, 0.6) is 11.5 Å². The van der Waals surface area contributed by atoms with Crippen LogP contribution in [0.15, 0.2) is 57.2 Å². The Morgan fingerprint density at radius 2 is 2.10 bits per heavy atom. The van der Waals surface area contributed by atoms with E-state index in [-0.39, 0.29) is 17.4 Å². The van der Waals surface area contributed by atoms with E-state index in [0.717, 1.165) is 30.4 Å². The first-order valence-corrected chi connectivity index (χ1v) is 10.7. The van der Waals surface area contributed by atoms with Gasteiger partial charge in [-0.3, -0.25) is 4.79 Å². The number of aromatic nitrogens is 2. The van der Waals surface area contributed by atoms with E-state index in [2.05, 4.69) is 33.7 Å². The van der Waals surface area contributed by atoms with Crippen molar-refractivity contribution in [2.75, 3.05) is 12.9 Å². The number of hydrazone groups is 1. The van der Waals surface area contributed by atoms with Gasteiger partial charge in [0.25, 0.3) is 11.1 Å². The number of phenols is 1. The van der Waals surface area contributed by atoms with Crippen molar-refractivity contribution in [2.24, 2.45) is 5.10 Å². The largest absolute Gasteiger partial charge is 0.507 e. The number of nitrogens with one attached hydrogen (secondary N) is 1. The maximum atomic E-state index is 11.9. The van der Waals surface area contributed by atoms with Gasteiger partial charge in [-0.25, -0.2) is 5.43 Å². The van der Waals surface area contributed by atoms with E-state index < -0.39 is 0 Å². The number of carbonyl (C=O) groups is 1. The van der Waals surface area contributed by atoms with E-state index >= 15 is 0 Å². The van der Waals surface area contributed by atoms with Gasteiger partial charge in [-0.15, -0.1) is 10.2 Å². The Balaban J connectivity index is 1.39. The molecule has 2 aromatic carbocycles. The van der Waals surface area contributed by atoms with Crippen molar-refractivity contribution in [2.45, 2.75) is 31.4 Å². The Labute approximate surface area is 184 Å². The van der Waals surface area contributed by atoms with E-state index in [1.54, 1.807) is 31.4 Å². The zero-order chi connectivity index (χ0) is 22.1. The van der Waals surface area contributed by atoms with Gasteiger partial charge in [0.2, 0.25) is 5.89 Å². The van der Waals surface area contributed by atoms with E-state index in [9.17, 15) is 9.90 Å². The molecule has 0 bridgehead atoms. The standard InChI is InChI=1S/C22H24N4O4S/c1-15-12-18(29-2)11-10-16(15)7-5-9-21-25-26-22(30-21)31-14-20(28)24-23-13-17-6-3-4-8-19(17)27/h3-4,6,8,10-13,27H,5,7,9,14H2,1-2H3,(H,24,28). The van der Waals surface area contributed by atoms with Gasteiger partial charge >= 0.3 is 0 Å². The van der Waals surface area contributed by atoms with Crippen LogP contribution in [0.1, 0.15) is 29.0 Å². The summed E-state index contributed by atoms with van der Waals surface area (Å²) in [7, 11) is 1.66. The average molecular weight is 441 g/mol. The van der Waals surface area contributed by atoms with Crippen molar-refractivity contribution in [3.63, 3.8) is 0 Å². The average Bonchev–Trinajstić information content (AvgIpc) is 3.22. The second-order valence-electron chi connectivity index (χ2n) is 6.75. The highest BCUT2D eigenvalue weighted by atomic mass is 32.2. The maximum Gasteiger partial charge on any atom is 0.277 e. The van der Waals surface area contributed by atoms with Gasteiger partial charge in [0.1, 0.15) is 11.5 Å². The lowest BCUT2D eigenvalue weighted by Crippen LogP contribution is -2.19. The van der Waals surface area contributed by atoms with E-state index in [1.807, 2.05) is 12.1 Å². The number of phenolic OH excluding ortho intramolecular Hbond substituents is 1. The molecular weight excluding hydrogens is 416 g/mol. The van der Waals surface area contributed by atoms with Crippen LogP contribution in [0.2, 0.25) is 0 Å². The summed E-state index contributed by atoms with van der Waals surface area (Å²) in [5, 5.41) is 21.8. The maximum absolute atomic E-state index is 11.9. The van der Waals surface area contributed by atoms with Crippen LogP contribution in [0.4, 0.5) is 0 Å². The van der Waals surface area contributed by atoms with Crippen molar-refractivity contribution in [1.29, 1.82) is 0 Å². The van der Waals surface area contributed by atoms with Crippen LogP contribution in [0.3, 0.4) is 0 Å². The molecule has 0 radical (unpaired) electrons. The van der Waals surface area contributed by atoms with Crippen molar-refractivity contribution in [3.05, 3.63) is 65.0 Å². The number of nitrogens with zero attached hydrogens (tertiary/aromatic N) is 3. The first-order chi connectivity index (χ1) is 15.0. The molecule has 8 nitrogen and oxygen atoms in total. The molecule has 1 aromatic heterocycles. The quantitative estimate of drug-likeness (QED) is 0.282. The minimum Gasteiger partial charge on any atom is -0.507 e. The number of amides is 1. The molecule has 0 spiro atoms. The predicted octanol–water partition coefficient (Wildman–Crippen LogP) is 3.51. The third kappa shape index (κ3) is 6.85. The summed E-state index contributed by atoms with van der Waals surface area (Å²) in [6.45, 7) is 2.07. The molecule has 31 heavy (non-hydrogen) atoms. The Hall–Kier alpha value is -3.33. The second-order valence-corrected chi connectivity index (χ2v) is 7.67. The molecule has 9 heteroatoms. The lowest BCUT2D eigenvalue weighted by atomic mass is 10.0. The molecule has 1 heterocycles. The van der Waals surface area contributed by atoms with Crippen molar-refractivity contribution in [3.8, 4) is 11.5 Å². The molecule has 0 aliphatic carbocycles. The first kappa shape index (κ1) is 22.4. The van der Waals surface area contributed by atoms with Crippen LogP contribution in [0.25, 0.3) is 0 Å². The van der Waals surface area contributed by atoms with Gasteiger partial charge in [-0.1, -0.05) is 30.0 Å². The minimum atomic E-state index is -0.314. The summed E-state index contributed by atoms with van der Waals surface area (Å²) in [5.41, 5.74) is 5.37. The number of benzene rings is 2. The van der Waals surface area contributed by atoms with Gasteiger partial charge in [0.05, 0.1) is 19.1 Å². The van der Waals surface area contributed by atoms with Crippen LogP contribution in [-0.2, 0) is 17.6 Å². The predicted molar refractivity (Wildman–Crippen MR) is 119 cm³/mol. The number of hydrogen-bond acceptors (Lipinski definition) is 8. The van der Waals surface area contributed by atoms with Crippen LogP contribution >= 0.6 is 11.8 Å². The Morgan fingerprint density at radius 3 is 2.87 bits per heavy atom. The molecule has 0 saturated carbocycles. The second kappa shape index (κ2) is 11.2. The Morgan fingerprint density at radius 1 is 1.26 bits per heavy atom. The minimum absolute atomic E-state index is 0.0881. The highest BCUT2D eigenvalue weighted by molar-refractivity contribution is 7.99. The van der Waals surface area contributed by atoms with E-state index in [0.29, 0.717) is 23.1 Å². The molecule has 3 rings (SSSR count). The fraction of sp³-hybridized carbons (Fsp3) is 0.273. The third-order valence-electron chi connectivity index (χ3n) is 4.49. The van der Waals surface area contributed by atoms with Crippen LogP contribution in [0, 0.1) is 6.92 Å². The normalized spacial score (nSPS) is 11.0. The highest BCUT2D eigenvalue weighted by Crippen LogP contribution is 2.20. The zero-order valence-corrected chi connectivity index (χ0v) is 18.2. The Kier molecular flexibility index (Phi) is 8.05. The number of ether oxygens (including phenoxy) is 1. The molecular formula is C22H24N4O4S. The Bertz CT molecular complexity index is 1050. The molecule has 162 valence electrons. The van der Waals surface area contributed by atoms with E-state index in [4.69, 9.17) is 9.15 Å². The van der Waals surface area contributed by atoms with Crippen molar-refractivity contribution in [1.82, 2.24) is 15.6 Å².